The minimum absolute atomic E-state index is 1.21. The van der Waals surface area contributed by atoms with Gasteiger partial charge in [0, 0.05) is 33.4 Å². The zero-order valence-electron chi connectivity index (χ0n) is 11.4. The minimum Gasteiger partial charge on any atom is -0.167 e. The van der Waals surface area contributed by atoms with Crippen molar-refractivity contribution in [3.63, 3.8) is 0 Å². The minimum atomic E-state index is 1.21. The molecule has 21 heavy (non-hydrogen) atoms. The molecule has 4 aromatic rings. The number of nitrogens with zero attached hydrogens (tertiary/aromatic N) is 1. The Labute approximate surface area is 127 Å². The predicted molar refractivity (Wildman–Crippen MR) is 87.7 cm³/mol. The van der Waals surface area contributed by atoms with Crippen molar-refractivity contribution in [2.75, 3.05) is 0 Å². The molecule has 2 aromatic carbocycles. The number of hydrogen-bond acceptors (Lipinski definition) is 1. The third-order valence-corrected chi connectivity index (χ3v) is 4.54. The van der Waals surface area contributed by atoms with Gasteiger partial charge in [-0.05, 0) is 41.8 Å². The third-order valence-electron chi connectivity index (χ3n) is 3.54. The van der Waals surface area contributed by atoms with E-state index in [2.05, 4.69) is 83.5 Å². The summed E-state index contributed by atoms with van der Waals surface area (Å²) in [7, 11) is 0. The maximum absolute atomic E-state index is 2.26. The molecule has 2 heterocycles. The molecule has 0 fully saturated rings. The van der Waals surface area contributed by atoms with Gasteiger partial charge in [0.2, 0.25) is 5.52 Å². The molecule has 0 saturated heterocycles. The lowest BCUT2D eigenvalue weighted by atomic mass is 10.1. The fraction of sp³-hybridized carbons (Fsp3) is 0. The second-order valence-electron chi connectivity index (χ2n) is 5.01. The van der Waals surface area contributed by atoms with Crippen molar-refractivity contribution in [2.24, 2.45) is 0 Å². The summed E-state index contributed by atoms with van der Waals surface area (Å²) in [4.78, 5) is 2.54. The predicted octanol–water partition coefficient (Wildman–Crippen LogP) is 4.73. The van der Waals surface area contributed by atoms with E-state index in [1.807, 2.05) is 6.07 Å². The average molecular weight is 288 g/mol. The summed E-state index contributed by atoms with van der Waals surface area (Å²) in [5, 5.41) is 2.54. The summed E-state index contributed by atoms with van der Waals surface area (Å²) in [5.74, 6) is 0. The SMILES string of the molecule is c1ccc(Sc2ccc3c[n+]4ccccc4cc3c2)cc1. The molecule has 0 unspecified atom stereocenters. The second kappa shape index (κ2) is 5.23. The summed E-state index contributed by atoms with van der Waals surface area (Å²) in [6.07, 6.45) is 4.27. The van der Waals surface area contributed by atoms with Crippen LogP contribution in [-0.2, 0) is 0 Å². The Morgan fingerprint density at radius 3 is 2.43 bits per heavy atom. The van der Waals surface area contributed by atoms with Crippen LogP contribution in [0, 0.1) is 0 Å². The number of aromatic nitrogens is 1. The number of rotatable bonds is 2. The van der Waals surface area contributed by atoms with Gasteiger partial charge < -0.3 is 0 Å². The van der Waals surface area contributed by atoms with E-state index < -0.39 is 0 Å². The molecule has 0 N–H and O–H groups in total. The topological polar surface area (TPSA) is 4.10 Å². The first-order chi connectivity index (χ1) is 10.4. The van der Waals surface area contributed by atoms with E-state index in [9.17, 15) is 0 Å². The maximum Gasteiger partial charge on any atom is 0.211 e. The van der Waals surface area contributed by atoms with E-state index in [1.54, 1.807) is 11.8 Å². The monoisotopic (exact) mass is 288 g/mol. The van der Waals surface area contributed by atoms with E-state index in [1.165, 1.54) is 26.1 Å². The zero-order valence-corrected chi connectivity index (χ0v) is 12.3. The van der Waals surface area contributed by atoms with Gasteiger partial charge in [0.15, 0.2) is 12.4 Å². The second-order valence-corrected chi connectivity index (χ2v) is 6.16. The third kappa shape index (κ3) is 2.50. The first-order valence-electron chi connectivity index (χ1n) is 6.95. The van der Waals surface area contributed by atoms with Crippen LogP contribution in [0.25, 0.3) is 16.3 Å². The van der Waals surface area contributed by atoms with Crippen LogP contribution in [0.5, 0.6) is 0 Å². The summed E-state index contributed by atoms with van der Waals surface area (Å²) in [6.45, 7) is 0. The molecule has 1 nitrogen and oxygen atoms in total. The van der Waals surface area contributed by atoms with Crippen LogP contribution in [0.3, 0.4) is 0 Å². The largest absolute Gasteiger partial charge is 0.211 e. The first-order valence-corrected chi connectivity index (χ1v) is 7.77. The quantitative estimate of drug-likeness (QED) is 0.381. The Balaban J connectivity index is 1.80. The van der Waals surface area contributed by atoms with Crippen molar-refractivity contribution in [3.05, 3.63) is 85.2 Å². The van der Waals surface area contributed by atoms with Crippen molar-refractivity contribution < 1.29 is 4.40 Å². The Morgan fingerprint density at radius 2 is 1.52 bits per heavy atom. The molecule has 100 valence electrons. The van der Waals surface area contributed by atoms with Gasteiger partial charge in [0.1, 0.15) is 0 Å². The highest BCUT2D eigenvalue weighted by molar-refractivity contribution is 7.99. The molecule has 0 saturated carbocycles. The van der Waals surface area contributed by atoms with Crippen LogP contribution >= 0.6 is 11.8 Å². The molecule has 0 bridgehead atoms. The van der Waals surface area contributed by atoms with E-state index in [0.717, 1.165) is 0 Å². The van der Waals surface area contributed by atoms with Crippen LogP contribution in [0.2, 0.25) is 0 Å². The van der Waals surface area contributed by atoms with Crippen molar-refractivity contribution in [1.82, 2.24) is 0 Å². The number of fused-ring (bicyclic) bond motifs is 2. The van der Waals surface area contributed by atoms with Crippen LogP contribution in [0.1, 0.15) is 0 Å². The normalized spacial score (nSPS) is 11.0. The van der Waals surface area contributed by atoms with Gasteiger partial charge in [-0.1, -0.05) is 30.0 Å². The molecule has 0 spiro atoms. The molecule has 0 amide bonds. The van der Waals surface area contributed by atoms with Crippen LogP contribution in [0.4, 0.5) is 0 Å². The zero-order chi connectivity index (χ0) is 14.1. The number of benzene rings is 2. The molecule has 0 aliphatic heterocycles. The standard InChI is InChI=1S/C19H14NS/c1-2-7-18(8-3-1)21-19-10-9-15-14-20-11-5-4-6-17(20)12-16(15)13-19/h1-14H/q+1. The average Bonchev–Trinajstić information content (AvgIpc) is 2.54. The molecule has 2 aromatic heterocycles. The summed E-state index contributed by atoms with van der Waals surface area (Å²) in [6, 6.07) is 25.6. The lowest BCUT2D eigenvalue weighted by molar-refractivity contribution is -0.510. The highest BCUT2D eigenvalue weighted by Crippen LogP contribution is 2.29. The Morgan fingerprint density at radius 1 is 0.667 bits per heavy atom. The van der Waals surface area contributed by atoms with Gasteiger partial charge in [-0.2, -0.15) is 4.40 Å². The maximum atomic E-state index is 2.26. The van der Waals surface area contributed by atoms with Crippen molar-refractivity contribution in [3.8, 4) is 0 Å². The summed E-state index contributed by atoms with van der Waals surface area (Å²) in [5.41, 5.74) is 1.21. The molecule has 4 rings (SSSR count). The van der Waals surface area contributed by atoms with Crippen molar-refractivity contribution in [2.45, 2.75) is 9.79 Å². The smallest absolute Gasteiger partial charge is 0.167 e. The van der Waals surface area contributed by atoms with E-state index in [-0.39, 0.29) is 0 Å². The molecular formula is C19H14NS+. The van der Waals surface area contributed by atoms with Crippen LogP contribution in [0.15, 0.2) is 95.0 Å². The Bertz CT molecular complexity index is 916. The fourth-order valence-electron chi connectivity index (χ4n) is 2.50. The van der Waals surface area contributed by atoms with E-state index >= 15 is 0 Å². The Kier molecular flexibility index (Phi) is 3.09. The highest BCUT2D eigenvalue weighted by Gasteiger charge is 2.05. The Hall–Kier alpha value is -2.32. The first kappa shape index (κ1) is 12.4. The van der Waals surface area contributed by atoms with Gasteiger partial charge in [0.05, 0.1) is 0 Å². The van der Waals surface area contributed by atoms with Gasteiger partial charge in [-0.3, -0.25) is 0 Å². The van der Waals surface area contributed by atoms with E-state index in [4.69, 9.17) is 0 Å². The molecule has 0 aliphatic carbocycles. The fourth-order valence-corrected chi connectivity index (χ4v) is 3.39. The summed E-state index contributed by atoms with van der Waals surface area (Å²) < 4.78 is 2.16. The molecular weight excluding hydrogens is 274 g/mol. The molecule has 0 aliphatic rings. The molecule has 0 atom stereocenters. The lowest BCUT2D eigenvalue weighted by Crippen LogP contribution is -2.19. The molecule has 0 radical (unpaired) electrons. The van der Waals surface area contributed by atoms with Crippen LogP contribution < -0.4 is 4.40 Å². The van der Waals surface area contributed by atoms with Crippen molar-refractivity contribution in [1.29, 1.82) is 0 Å². The van der Waals surface area contributed by atoms with Crippen LogP contribution in [-0.4, -0.2) is 0 Å². The summed E-state index contributed by atoms with van der Waals surface area (Å²) >= 11 is 1.80. The lowest BCUT2D eigenvalue weighted by Gasteiger charge is -2.03. The number of hydrogen-bond donors (Lipinski definition) is 0. The highest BCUT2D eigenvalue weighted by atomic mass is 32.2. The van der Waals surface area contributed by atoms with Gasteiger partial charge in [-0.25, -0.2) is 0 Å². The van der Waals surface area contributed by atoms with Gasteiger partial charge in [0.25, 0.3) is 0 Å². The van der Waals surface area contributed by atoms with Gasteiger partial charge >= 0.3 is 0 Å². The van der Waals surface area contributed by atoms with E-state index in [0.29, 0.717) is 0 Å². The van der Waals surface area contributed by atoms with Crippen molar-refractivity contribution >= 4 is 28.1 Å². The number of pyridine rings is 2. The van der Waals surface area contributed by atoms with Gasteiger partial charge in [-0.15, -0.1) is 0 Å². The molecule has 2 heteroatoms.